The first-order valence-electron chi connectivity index (χ1n) is 11.1. The molecule has 0 spiro atoms. The minimum absolute atomic E-state index is 0.0249. The van der Waals surface area contributed by atoms with E-state index in [9.17, 15) is 4.79 Å². The number of rotatable bonds is 8. The molecule has 32 heavy (non-hydrogen) atoms. The van der Waals surface area contributed by atoms with Crippen molar-refractivity contribution in [3.8, 4) is 5.75 Å². The highest BCUT2D eigenvalue weighted by atomic mass is 16.5. The summed E-state index contributed by atoms with van der Waals surface area (Å²) in [5.41, 5.74) is 3.06. The van der Waals surface area contributed by atoms with Crippen LogP contribution in [0.1, 0.15) is 22.3 Å². The zero-order valence-corrected chi connectivity index (χ0v) is 19.6. The third-order valence-corrected chi connectivity index (χ3v) is 5.77. The summed E-state index contributed by atoms with van der Waals surface area (Å²) in [5.74, 6) is 2.29. The molecule has 0 saturated carbocycles. The third-order valence-electron chi connectivity index (χ3n) is 5.77. The standard InChI is InChI=1S/C25H35N5O2/c1-26-25(27-13-11-19-7-5-8-21(15-19)24(31)29(2)3)28-17-20-12-14-30(18-20)22-9-6-10-23(16-22)32-4/h5-10,15-16,20H,11-14,17-18H2,1-4H3,(H2,26,27,28). The van der Waals surface area contributed by atoms with E-state index in [1.165, 1.54) is 5.69 Å². The highest BCUT2D eigenvalue weighted by Crippen LogP contribution is 2.26. The van der Waals surface area contributed by atoms with E-state index in [0.717, 1.165) is 61.9 Å². The van der Waals surface area contributed by atoms with Gasteiger partial charge in [-0.15, -0.1) is 0 Å². The van der Waals surface area contributed by atoms with E-state index in [0.29, 0.717) is 5.92 Å². The number of methoxy groups -OCH3 is 1. The van der Waals surface area contributed by atoms with Gasteiger partial charge in [0.2, 0.25) is 0 Å². The van der Waals surface area contributed by atoms with Crippen molar-refractivity contribution in [1.82, 2.24) is 15.5 Å². The number of benzene rings is 2. The summed E-state index contributed by atoms with van der Waals surface area (Å²) >= 11 is 0. The molecule has 1 amide bonds. The molecule has 1 saturated heterocycles. The number of amides is 1. The summed E-state index contributed by atoms with van der Waals surface area (Å²) in [4.78, 5) is 20.5. The van der Waals surface area contributed by atoms with Crippen LogP contribution in [0.25, 0.3) is 0 Å². The Balaban J connectivity index is 1.43. The predicted octanol–water partition coefficient (Wildman–Crippen LogP) is 2.63. The minimum atomic E-state index is 0.0249. The van der Waals surface area contributed by atoms with Gasteiger partial charge < -0.3 is 25.2 Å². The average Bonchev–Trinajstić information content (AvgIpc) is 3.30. The fourth-order valence-corrected chi connectivity index (χ4v) is 3.95. The third kappa shape index (κ3) is 6.39. The van der Waals surface area contributed by atoms with Crippen molar-refractivity contribution in [2.24, 2.45) is 10.9 Å². The fraction of sp³-hybridized carbons (Fsp3) is 0.440. The molecule has 1 heterocycles. The number of anilines is 1. The van der Waals surface area contributed by atoms with Crippen LogP contribution < -0.4 is 20.3 Å². The Bertz CT molecular complexity index is 928. The Labute approximate surface area is 191 Å². The topological polar surface area (TPSA) is 69.2 Å². The van der Waals surface area contributed by atoms with E-state index >= 15 is 0 Å². The summed E-state index contributed by atoms with van der Waals surface area (Å²) in [5, 5.41) is 6.85. The smallest absolute Gasteiger partial charge is 0.253 e. The zero-order chi connectivity index (χ0) is 22.9. The van der Waals surface area contributed by atoms with Gasteiger partial charge in [-0.3, -0.25) is 9.79 Å². The summed E-state index contributed by atoms with van der Waals surface area (Å²) in [6, 6.07) is 16.1. The van der Waals surface area contributed by atoms with Gasteiger partial charge in [-0.1, -0.05) is 18.2 Å². The molecular formula is C25H35N5O2. The molecule has 0 aromatic heterocycles. The highest BCUT2D eigenvalue weighted by molar-refractivity contribution is 5.94. The molecular weight excluding hydrogens is 402 g/mol. The van der Waals surface area contributed by atoms with Crippen molar-refractivity contribution < 1.29 is 9.53 Å². The van der Waals surface area contributed by atoms with Gasteiger partial charge in [-0.25, -0.2) is 0 Å². The first-order chi connectivity index (χ1) is 15.5. The second-order valence-electron chi connectivity index (χ2n) is 8.33. The first kappa shape index (κ1) is 23.4. The van der Waals surface area contributed by atoms with Crippen LogP contribution in [0.5, 0.6) is 5.75 Å². The molecule has 2 N–H and O–H groups in total. The fourth-order valence-electron chi connectivity index (χ4n) is 3.95. The molecule has 172 valence electrons. The van der Waals surface area contributed by atoms with Gasteiger partial charge in [0.15, 0.2) is 5.96 Å². The number of carbonyl (C=O) groups excluding carboxylic acids is 1. The van der Waals surface area contributed by atoms with Crippen LogP contribution in [-0.2, 0) is 6.42 Å². The molecule has 7 heteroatoms. The van der Waals surface area contributed by atoms with Crippen molar-refractivity contribution in [3.05, 3.63) is 59.7 Å². The summed E-state index contributed by atoms with van der Waals surface area (Å²) in [6.45, 7) is 3.70. The number of carbonyl (C=O) groups is 1. The van der Waals surface area contributed by atoms with Crippen molar-refractivity contribution in [1.29, 1.82) is 0 Å². The normalized spacial score (nSPS) is 16.1. The Morgan fingerprint density at radius 1 is 1.19 bits per heavy atom. The molecule has 0 bridgehead atoms. The predicted molar refractivity (Wildman–Crippen MR) is 131 cm³/mol. The number of aliphatic imine (C=N–C) groups is 1. The first-order valence-corrected chi connectivity index (χ1v) is 11.1. The van der Waals surface area contributed by atoms with Gasteiger partial charge in [0.25, 0.3) is 5.91 Å². The summed E-state index contributed by atoms with van der Waals surface area (Å²) in [6.07, 6.45) is 1.97. The monoisotopic (exact) mass is 437 g/mol. The maximum absolute atomic E-state index is 12.2. The molecule has 7 nitrogen and oxygen atoms in total. The number of hydrogen-bond acceptors (Lipinski definition) is 4. The molecule has 2 aromatic carbocycles. The van der Waals surface area contributed by atoms with Gasteiger partial charge in [0, 0.05) is 64.6 Å². The number of guanidine groups is 1. The lowest BCUT2D eigenvalue weighted by Gasteiger charge is -2.20. The van der Waals surface area contributed by atoms with Gasteiger partial charge in [0.05, 0.1) is 7.11 Å². The van der Waals surface area contributed by atoms with E-state index in [2.05, 4.69) is 38.7 Å². The van der Waals surface area contributed by atoms with Crippen molar-refractivity contribution in [2.45, 2.75) is 12.8 Å². The molecule has 3 rings (SSSR count). The minimum Gasteiger partial charge on any atom is -0.497 e. The Kier molecular flexibility index (Phi) is 8.36. The second kappa shape index (κ2) is 11.4. The Morgan fingerprint density at radius 3 is 2.75 bits per heavy atom. The van der Waals surface area contributed by atoms with E-state index in [-0.39, 0.29) is 5.91 Å². The van der Waals surface area contributed by atoms with Gasteiger partial charge in [-0.05, 0) is 48.6 Å². The van der Waals surface area contributed by atoms with Crippen LogP contribution in [0, 0.1) is 5.92 Å². The van der Waals surface area contributed by atoms with Crippen molar-refractivity contribution >= 4 is 17.6 Å². The average molecular weight is 438 g/mol. The molecule has 1 aliphatic rings. The largest absolute Gasteiger partial charge is 0.497 e. The van der Waals surface area contributed by atoms with E-state index < -0.39 is 0 Å². The molecule has 0 aliphatic carbocycles. The lowest BCUT2D eigenvalue weighted by atomic mass is 10.1. The zero-order valence-electron chi connectivity index (χ0n) is 19.6. The number of nitrogens with zero attached hydrogens (tertiary/aromatic N) is 3. The second-order valence-corrected chi connectivity index (χ2v) is 8.33. The van der Waals surface area contributed by atoms with E-state index in [1.54, 1.807) is 33.2 Å². The van der Waals surface area contributed by atoms with Crippen LogP contribution in [0.15, 0.2) is 53.5 Å². The van der Waals surface area contributed by atoms with E-state index in [1.807, 2.05) is 30.3 Å². The van der Waals surface area contributed by atoms with Gasteiger partial charge in [-0.2, -0.15) is 0 Å². The number of nitrogens with one attached hydrogen (secondary N) is 2. The molecule has 1 aliphatic heterocycles. The number of ether oxygens (including phenoxy) is 1. The highest BCUT2D eigenvalue weighted by Gasteiger charge is 2.23. The van der Waals surface area contributed by atoms with Crippen molar-refractivity contribution in [2.75, 3.05) is 59.3 Å². The van der Waals surface area contributed by atoms with Crippen LogP contribution >= 0.6 is 0 Å². The molecule has 1 fully saturated rings. The van der Waals surface area contributed by atoms with Gasteiger partial charge >= 0.3 is 0 Å². The Hall–Kier alpha value is -3.22. The number of hydrogen-bond donors (Lipinski definition) is 2. The lowest BCUT2D eigenvalue weighted by molar-refractivity contribution is 0.0827. The van der Waals surface area contributed by atoms with Crippen LogP contribution in [-0.4, -0.2) is 71.2 Å². The maximum Gasteiger partial charge on any atom is 0.253 e. The van der Waals surface area contributed by atoms with Crippen molar-refractivity contribution in [3.63, 3.8) is 0 Å². The molecule has 0 radical (unpaired) electrons. The molecule has 1 unspecified atom stereocenters. The summed E-state index contributed by atoms with van der Waals surface area (Å²) < 4.78 is 5.35. The molecule has 2 aromatic rings. The van der Waals surface area contributed by atoms with Gasteiger partial charge in [0.1, 0.15) is 5.75 Å². The Morgan fingerprint density at radius 2 is 2.00 bits per heavy atom. The van der Waals surface area contributed by atoms with Crippen LogP contribution in [0.2, 0.25) is 0 Å². The SMILES string of the molecule is CN=C(NCCc1cccc(C(=O)N(C)C)c1)NCC1CCN(c2cccc(OC)c2)C1. The quantitative estimate of drug-likeness (QED) is 0.491. The maximum atomic E-state index is 12.2. The van der Waals surface area contributed by atoms with E-state index in [4.69, 9.17) is 4.74 Å². The lowest BCUT2D eigenvalue weighted by Crippen LogP contribution is -2.41. The molecule has 1 atom stereocenters. The summed E-state index contributed by atoms with van der Waals surface area (Å²) in [7, 11) is 7.04. The van der Waals surface area contributed by atoms with Crippen LogP contribution in [0.4, 0.5) is 5.69 Å². The van der Waals surface area contributed by atoms with Crippen LogP contribution in [0.3, 0.4) is 0 Å².